The zero-order valence-electron chi connectivity index (χ0n) is 13.3. The Kier molecular flexibility index (Phi) is 4.97. The molecule has 0 fully saturated rings. The maximum Gasteiger partial charge on any atom is 0.138 e. The SMILES string of the molecule is CN1C=CS(C)(c2cc(Cl)c(NCc3ccccc3Cl)cc2F)N1. The first kappa shape index (κ1) is 17.4. The molecule has 1 heterocycles. The Morgan fingerprint density at radius 3 is 2.62 bits per heavy atom. The number of halogens is 3. The maximum atomic E-state index is 14.7. The summed E-state index contributed by atoms with van der Waals surface area (Å²) in [5.74, 6) is -0.286. The van der Waals surface area contributed by atoms with E-state index in [-0.39, 0.29) is 5.82 Å². The Hall–Kier alpha value is -1.40. The van der Waals surface area contributed by atoms with E-state index in [9.17, 15) is 4.39 Å². The van der Waals surface area contributed by atoms with Gasteiger partial charge in [-0.15, -0.1) is 10.2 Å². The highest BCUT2D eigenvalue weighted by Crippen LogP contribution is 2.55. The highest BCUT2D eigenvalue weighted by atomic mass is 35.5. The van der Waals surface area contributed by atoms with E-state index in [0.29, 0.717) is 27.2 Å². The van der Waals surface area contributed by atoms with Crippen molar-refractivity contribution in [2.24, 2.45) is 0 Å². The molecule has 0 aliphatic carbocycles. The number of benzene rings is 2. The van der Waals surface area contributed by atoms with Crippen LogP contribution in [-0.4, -0.2) is 18.3 Å². The molecule has 128 valence electrons. The minimum atomic E-state index is -1.59. The molecule has 1 atom stereocenters. The normalized spacial score (nSPS) is 22.5. The molecule has 2 N–H and O–H groups in total. The Morgan fingerprint density at radius 1 is 1.21 bits per heavy atom. The molecule has 2 aromatic carbocycles. The minimum Gasteiger partial charge on any atom is -0.380 e. The first-order valence-corrected chi connectivity index (χ1v) is 10.2. The second-order valence-corrected chi connectivity index (χ2v) is 9.35. The van der Waals surface area contributed by atoms with E-state index >= 15 is 0 Å². The number of hydrogen-bond acceptors (Lipinski definition) is 3. The van der Waals surface area contributed by atoms with Gasteiger partial charge in [0.2, 0.25) is 0 Å². The first-order valence-electron chi connectivity index (χ1n) is 7.32. The molecule has 7 heteroatoms. The molecular weight excluding hydrogens is 368 g/mol. The van der Waals surface area contributed by atoms with Gasteiger partial charge in [-0.1, -0.05) is 41.4 Å². The molecule has 1 aliphatic heterocycles. The zero-order chi connectivity index (χ0) is 17.3. The summed E-state index contributed by atoms with van der Waals surface area (Å²) in [4.78, 5) is 3.85. The van der Waals surface area contributed by atoms with E-state index in [2.05, 4.69) is 10.1 Å². The van der Waals surface area contributed by atoms with Crippen molar-refractivity contribution in [2.45, 2.75) is 11.4 Å². The number of rotatable bonds is 4. The summed E-state index contributed by atoms with van der Waals surface area (Å²) in [6.07, 6.45) is 3.88. The Balaban J connectivity index is 1.83. The Bertz CT molecular complexity index is 799. The molecule has 0 aromatic heterocycles. The molecular formula is C17H18Cl2FN3S. The average Bonchev–Trinajstić information content (AvgIpc) is 2.89. The van der Waals surface area contributed by atoms with Crippen LogP contribution in [0.2, 0.25) is 10.0 Å². The lowest BCUT2D eigenvalue weighted by molar-refractivity contribution is 0.439. The van der Waals surface area contributed by atoms with Crippen LogP contribution in [0.3, 0.4) is 0 Å². The molecule has 1 unspecified atom stereocenters. The van der Waals surface area contributed by atoms with Crippen LogP contribution in [0.4, 0.5) is 10.1 Å². The molecule has 0 bridgehead atoms. The predicted molar refractivity (Wildman–Crippen MR) is 102 cm³/mol. The molecule has 0 saturated carbocycles. The zero-order valence-corrected chi connectivity index (χ0v) is 15.6. The van der Waals surface area contributed by atoms with E-state index in [1.165, 1.54) is 6.07 Å². The number of nitrogens with one attached hydrogen (secondary N) is 2. The van der Waals surface area contributed by atoms with Crippen LogP contribution in [0, 0.1) is 5.82 Å². The van der Waals surface area contributed by atoms with Crippen molar-refractivity contribution in [1.82, 2.24) is 9.84 Å². The maximum absolute atomic E-state index is 14.7. The van der Waals surface area contributed by atoms with Crippen molar-refractivity contribution < 1.29 is 4.39 Å². The van der Waals surface area contributed by atoms with E-state index in [1.807, 2.05) is 54.2 Å². The fourth-order valence-corrected chi connectivity index (χ4v) is 5.23. The van der Waals surface area contributed by atoms with Crippen molar-refractivity contribution in [1.29, 1.82) is 0 Å². The average molecular weight is 386 g/mol. The largest absolute Gasteiger partial charge is 0.380 e. The summed E-state index contributed by atoms with van der Waals surface area (Å²) in [6.45, 7) is 0.475. The van der Waals surface area contributed by atoms with E-state index in [0.717, 1.165) is 5.56 Å². The highest BCUT2D eigenvalue weighted by molar-refractivity contribution is 8.34. The standard InChI is InChI=1S/C17H18Cl2FN3S/c1-23-7-8-24(2,22-23)17-9-14(19)16(10-15(17)20)21-11-12-5-3-4-6-13(12)18/h3-10,21-22H,11H2,1-2H3. The van der Waals surface area contributed by atoms with Gasteiger partial charge in [-0.05, 0) is 35.4 Å². The highest BCUT2D eigenvalue weighted by Gasteiger charge is 2.27. The molecule has 0 amide bonds. The smallest absolute Gasteiger partial charge is 0.138 e. The van der Waals surface area contributed by atoms with Crippen LogP contribution < -0.4 is 10.1 Å². The van der Waals surface area contributed by atoms with Crippen molar-refractivity contribution >= 4 is 39.1 Å². The fourth-order valence-electron chi connectivity index (χ4n) is 2.52. The minimum absolute atomic E-state index is 0.286. The van der Waals surface area contributed by atoms with Gasteiger partial charge in [0, 0.05) is 29.7 Å². The topological polar surface area (TPSA) is 27.3 Å². The van der Waals surface area contributed by atoms with Gasteiger partial charge in [-0.2, -0.15) is 4.83 Å². The summed E-state index contributed by atoms with van der Waals surface area (Å²) < 4.78 is 14.7. The molecule has 0 spiro atoms. The van der Waals surface area contributed by atoms with Gasteiger partial charge in [0.25, 0.3) is 0 Å². The van der Waals surface area contributed by atoms with Crippen molar-refractivity contribution in [3.8, 4) is 0 Å². The van der Waals surface area contributed by atoms with Crippen LogP contribution in [0.25, 0.3) is 0 Å². The molecule has 24 heavy (non-hydrogen) atoms. The second kappa shape index (κ2) is 6.84. The molecule has 0 radical (unpaired) electrons. The Labute approximate surface area is 152 Å². The van der Waals surface area contributed by atoms with Gasteiger partial charge >= 0.3 is 0 Å². The quantitative estimate of drug-likeness (QED) is 0.739. The number of anilines is 1. The third-order valence-electron chi connectivity index (χ3n) is 3.80. The number of nitrogens with zero attached hydrogens (tertiary/aromatic N) is 1. The van der Waals surface area contributed by atoms with Gasteiger partial charge in [-0.3, -0.25) is 0 Å². The first-order chi connectivity index (χ1) is 11.4. The molecule has 3 nitrogen and oxygen atoms in total. The van der Waals surface area contributed by atoms with E-state index in [4.69, 9.17) is 23.2 Å². The summed E-state index contributed by atoms with van der Waals surface area (Å²) in [6, 6.07) is 10.7. The molecule has 2 aromatic rings. The lowest BCUT2D eigenvalue weighted by Crippen LogP contribution is -2.26. The monoisotopic (exact) mass is 385 g/mol. The van der Waals surface area contributed by atoms with Gasteiger partial charge in [0.05, 0.1) is 10.7 Å². The summed E-state index contributed by atoms with van der Waals surface area (Å²) >= 11 is 12.5. The lowest BCUT2D eigenvalue weighted by Gasteiger charge is -2.32. The van der Waals surface area contributed by atoms with Crippen LogP contribution >= 0.6 is 33.4 Å². The summed E-state index contributed by atoms with van der Waals surface area (Å²) in [7, 11) is 0.294. The van der Waals surface area contributed by atoms with Gasteiger partial charge < -0.3 is 10.3 Å². The van der Waals surface area contributed by atoms with Crippen LogP contribution in [0.5, 0.6) is 0 Å². The lowest BCUT2D eigenvalue weighted by atomic mass is 10.2. The summed E-state index contributed by atoms with van der Waals surface area (Å²) in [5, 5.41) is 8.11. The third-order valence-corrected chi connectivity index (χ3v) is 7.04. The van der Waals surface area contributed by atoms with Crippen molar-refractivity contribution in [3.05, 3.63) is 69.4 Å². The van der Waals surface area contributed by atoms with E-state index < -0.39 is 10.2 Å². The van der Waals surface area contributed by atoms with Crippen LogP contribution in [-0.2, 0) is 6.54 Å². The fraction of sp³-hybridized carbons (Fsp3) is 0.176. The number of hydrazine groups is 1. The molecule has 0 saturated heterocycles. The Morgan fingerprint density at radius 2 is 1.96 bits per heavy atom. The number of hydrogen-bond donors (Lipinski definition) is 2. The van der Waals surface area contributed by atoms with Gasteiger partial charge in [0.1, 0.15) is 5.82 Å². The van der Waals surface area contributed by atoms with Crippen LogP contribution in [0.15, 0.2) is 52.9 Å². The van der Waals surface area contributed by atoms with Crippen LogP contribution in [0.1, 0.15) is 5.56 Å². The third kappa shape index (κ3) is 3.49. The van der Waals surface area contributed by atoms with Crippen molar-refractivity contribution in [2.75, 3.05) is 18.6 Å². The molecule has 3 rings (SSSR count). The van der Waals surface area contributed by atoms with Gasteiger partial charge in [-0.25, -0.2) is 4.39 Å². The van der Waals surface area contributed by atoms with Crippen molar-refractivity contribution in [3.63, 3.8) is 0 Å². The second-order valence-electron chi connectivity index (χ2n) is 5.68. The summed E-state index contributed by atoms with van der Waals surface area (Å²) in [5.41, 5.74) is 1.48. The van der Waals surface area contributed by atoms with E-state index in [1.54, 1.807) is 6.07 Å². The van der Waals surface area contributed by atoms with Gasteiger partial charge in [0.15, 0.2) is 0 Å². The predicted octanol–water partition coefficient (Wildman–Crippen LogP) is 5.37. The molecule has 1 aliphatic rings.